The first-order valence-electron chi connectivity index (χ1n) is 3.51. The third-order valence-corrected chi connectivity index (χ3v) is 1.33. The molecular weight excluding hydrogens is 188 g/mol. The summed E-state index contributed by atoms with van der Waals surface area (Å²) in [4.78, 5) is 16.1. The molecule has 5 heteroatoms. The van der Waals surface area contributed by atoms with E-state index in [0.717, 1.165) is 0 Å². The van der Waals surface area contributed by atoms with Crippen molar-refractivity contribution in [2.75, 3.05) is 0 Å². The van der Waals surface area contributed by atoms with E-state index >= 15 is 0 Å². The lowest BCUT2D eigenvalue weighted by atomic mass is 10.5. The van der Waals surface area contributed by atoms with Crippen LogP contribution in [0.5, 0.6) is 0 Å². The number of hydrogen-bond donors (Lipinski definition) is 0. The fourth-order valence-corrected chi connectivity index (χ4v) is 0.829. The number of aromatic nitrogens is 4. The second kappa shape index (κ2) is 4.47. The standard InChI is InChI=1S/C8H6N4.ClH/c1-3-9-7(10-4-1)8-11-5-2-6-12-8;/h1-6H;1H. The first-order valence-corrected chi connectivity index (χ1v) is 3.51. The van der Waals surface area contributed by atoms with Crippen LogP contribution in [0.3, 0.4) is 0 Å². The van der Waals surface area contributed by atoms with E-state index in [0.29, 0.717) is 11.6 Å². The van der Waals surface area contributed by atoms with E-state index in [1.807, 2.05) is 0 Å². The van der Waals surface area contributed by atoms with Crippen LogP contribution < -0.4 is 0 Å². The van der Waals surface area contributed by atoms with Crippen LogP contribution in [0, 0.1) is 0 Å². The van der Waals surface area contributed by atoms with E-state index in [1.54, 1.807) is 36.9 Å². The predicted octanol–water partition coefficient (Wildman–Crippen LogP) is 1.36. The average molecular weight is 195 g/mol. The summed E-state index contributed by atoms with van der Waals surface area (Å²) in [6, 6.07) is 3.51. The molecular formula is C8H7ClN4. The van der Waals surface area contributed by atoms with Gasteiger partial charge >= 0.3 is 0 Å². The highest BCUT2D eigenvalue weighted by Crippen LogP contribution is 2.03. The Balaban J connectivity index is 0.000000845. The Morgan fingerprint density at radius 1 is 0.615 bits per heavy atom. The lowest BCUT2D eigenvalue weighted by molar-refractivity contribution is 1.08. The molecule has 0 radical (unpaired) electrons. The van der Waals surface area contributed by atoms with Crippen LogP contribution in [-0.4, -0.2) is 19.9 Å². The first-order chi connectivity index (χ1) is 5.97. The highest BCUT2D eigenvalue weighted by molar-refractivity contribution is 5.85. The molecule has 4 nitrogen and oxygen atoms in total. The molecule has 0 aromatic carbocycles. The van der Waals surface area contributed by atoms with Crippen LogP contribution in [0.4, 0.5) is 0 Å². The molecule has 66 valence electrons. The zero-order valence-electron chi connectivity index (χ0n) is 6.66. The maximum absolute atomic E-state index is 4.01. The monoisotopic (exact) mass is 194 g/mol. The molecule has 0 N–H and O–H groups in total. The van der Waals surface area contributed by atoms with Crippen molar-refractivity contribution in [1.29, 1.82) is 0 Å². The molecule has 0 saturated heterocycles. The highest BCUT2D eigenvalue weighted by atomic mass is 35.5. The van der Waals surface area contributed by atoms with Crippen LogP contribution in [0.25, 0.3) is 11.6 Å². The van der Waals surface area contributed by atoms with E-state index in [1.165, 1.54) is 0 Å². The van der Waals surface area contributed by atoms with Crippen LogP contribution in [0.2, 0.25) is 0 Å². The molecule has 0 atom stereocenters. The maximum atomic E-state index is 4.01. The second-order valence-corrected chi connectivity index (χ2v) is 2.14. The van der Waals surface area contributed by atoms with Crippen molar-refractivity contribution >= 4 is 12.4 Å². The summed E-state index contributed by atoms with van der Waals surface area (Å²) in [6.45, 7) is 0. The topological polar surface area (TPSA) is 51.6 Å². The minimum atomic E-state index is 0. The molecule has 0 spiro atoms. The van der Waals surface area contributed by atoms with E-state index in [-0.39, 0.29) is 12.4 Å². The highest BCUT2D eigenvalue weighted by Gasteiger charge is 1.99. The van der Waals surface area contributed by atoms with Gasteiger partial charge in [0.25, 0.3) is 0 Å². The van der Waals surface area contributed by atoms with Gasteiger partial charge in [-0.2, -0.15) is 0 Å². The van der Waals surface area contributed by atoms with Crippen molar-refractivity contribution in [1.82, 2.24) is 19.9 Å². The van der Waals surface area contributed by atoms with E-state index in [4.69, 9.17) is 0 Å². The van der Waals surface area contributed by atoms with Crippen molar-refractivity contribution in [2.45, 2.75) is 0 Å². The summed E-state index contributed by atoms with van der Waals surface area (Å²) in [5, 5.41) is 0. The molecule has 0 saturated carbocycles. The first kappa shape index (κ1) is 9.54. The zero-order valence-corrected chi connectivity index (χ0v) is 7.48. The van der Waals surface area contributed by atoms with E-state index < -0.39 is 0 Å². The smallest absolute Gasteiger partial charge is 0.197 e. The van der Waals surface area contributed by atoms with Gasteiger partial charge in [0.2, 0.25) is 0 Å². The van der Waals surface area contributed by atoms with Crippen molar-refractivity contribution < 1.29 is 0 Å². The van der Waals surface area contributed by atoms with Crippen LogP contribution in [-0.2, 0) is 0 Å². The third-order valence-electron chi connectivity index (χ3n) is 1.33. The van der Waals surface area contributed by atoms with Gasteiger partial charge in [-0.15, -0.1) is 12.4 Å². The minimum Gasteiger partial charge on any atom is -0.234 e. The maximum Gasteiger partial charge on any atom is 0.197 e. The second-order valence-electron chi connectivity index (χ2n) is 2.14. The van der Waals surface area contributed by atoms with E-state index in [2.05, 4.69) is 19.9 Å². The predicted molar refractivity (Wildman–Crippen MR) is 50.3 cm³/mol. The number of halogens is 1. The molecule has 0 unspecified atom stereocenters. The van der Waals surface area contributed by atoms with Gasteiger partial charge in [-0.05, 0) is 12.1 Å². The fourth-order valence-electron chi connectivity index (χ4n) is 0.829. The van der Waals surface area contributed by atoms with Gasteiger partial charge in [0.05, 0.1) is 0 Å². The molecule has 2 rings (SSSR count). The molecule has 2 heterocycles. The summed E-state index contributed by atoms with van der Waals surface area (Å²) >= 11 is 0. The Morgan fingerprint density at radius 2 is 0.923 bits per heavy atom. The summed E-state index contributed by atoms with van der Waals surface area (Å²) < 4.78 is 0. The quantitative estimate of drug-likeness (QED) is 0.688. The van der Waals surface area contributed by atoms with Gasteiger partial charge in [0.15, 0.2) is 11.6 Å². The number of hydrogen-bond acceptors (Lipinski definition) is 4. The molecule has 0 aliphatic carbocycles. The van der Waals surface area contributed by atoms with Crippen LogP contribution in [0.15, 0.2) is 36.9 Å². The van der Waals surface area contributed by atoms with Gasteiger partial charge in [0.1, 0.15) is 0 Å². The molecule has 2 aromatic rings. The van der Waals surface area contributed by atoms with Crippen LogP contribution >= 0.6 is 12.4 Å². The van der Waals surface area contributed by atoms with Crippen LogP contribution in [0.1, 0.15) is 0 Å². The van der Waals surface area contributed by atoms with Crippen molar-refractivity contribution in [3.8, 4) is 11.6 Å². The largest absolute Gasteiger partial charge is 0.234 e. The van der Waals surface area contributed by atoms with Crippen molar-refractivity contribution in [3.05, 3.63) is 36.9 Å². The molecule has 0 fully saturated rings. The van der Waals surface area contributed by atoms with Gasteiger partial charge in [-0.3, -0.25) is 0 Å². The summed E-state index contributed by atoms with van der Waals surface area (Å²) in [5.74, 6) is 1.11. The molecule has 2 aromatic heterocycles. The van der Waals surface area contributed by atoms with Gasteiger partial charge in [-0.1, -0.05) is 0 Å². The minimum absolute atomic E-state index is 0. The zero-order chi connectivity index (χ0) is 8.23. The Morgan fingerprint density at radius 3 is 1.23 bits per heavy atom. The van der Waals surface area contributed by atoms with Gasteiger partial charge in [0, 0.05) is 24.8 Å². The third kappa shape index (κ3) is 2.19. The average Bonchev–Trinajstić information content (AvgIpc) is 2.21. The SMILES string of the molecule is Cl.c1cnc(-c2ncccn2)nc1. The molecule has 0 aliphatic rings. The molecule has 0 bridgehead atoms. The summed E-state index contributed by atoms with van der Waals surface area (Å²) in [5.41, 5.74) is 0. The Bertz CT molecular complexity index is 314. The fraction of sp³-hybridized carbons (Fsp3) is 0. The molecule has 13 heavy (non-hydrogen) atoms. The number of nitrogens with zero attached hydrogens (tertiary/aromatic N) is 4. The Hall–Kier alpha value is -1.55. The normalized spacial score (nSPS) is 8.92. The Labute approximate surface area is 81.5 Å². The molecule has 0 amide bonds. The van der Waals surface area contributed by atoms with Gasteiger partial charge in [-0.25, -0.2) is 19.9 Å². The van der Waals surface area contributed by atoms with Gasteiger partial charge < -0.3 is 0 Å². The number of rotatable bonds is 1. The van der Waals surface area contributed by atoms with E-state index in [9.17, 15) is 0 Å². The van der Waals surface area contributed by atoms with Crippen molar-refractivity contribution in [3.63, 3.8) is 0 Å². The summed E-state index contributed by atoms with van der Waals surface area (Å²) in [7, 11) is 0. The Kier molecular flexibility index (Phi) is 3.28. The summed E-state index contributed by atoms with van der Waals surface area (Å²) in [6.07, 6.45) is 6.66. The van der Waals surface area contributed by atoms with Crippen molar-refractivity contribution in [2.24, 2.45) is 0 Å². The lowest BCUT2D eigenvalue weighted by Crippen LogP contribution is -1.91. The molecule has 0 aliphatic heterocycles. The lowest BCUT2D eigenvalue weighted by Gasteiger charge is -1.93.